The normalized spacial score (nSPS) is 10.2. The number of nitrogens with one attached hydrogen (secondary N) is 1. The molecule has 0 aliphatic rings. The summed E-state index contributed by atoms with van der Waals surface area (Å²) in [6.45, 7) is 0. The maximum absolute atomic E-state index is 12.1. The van der Waals surface area contributed by atoms with Gasteiger partial charge in [-0.1, -0.05) is 0 Å². The van der Waals surface area contributed by atoms with Gasteiger partial charge in [-0.2, -0.15) is 0 Å². The third-order valence-electron chi connectivity index (χ3n) is 2.84. The van der Waals surface area contributed by atoms with Crippen molar-refractivity contribution < 1.29 is 14.5 Å². The van der Waals surface area contributed by atoms with Crippen LogP contribution in [0.2, 0.25) is 0 Å². The van der Waals surface area contributed by atoms with Crippen LogP contribution in [0.15, 0.2) is 34.9 Å². The van der Waals surface area contributed by atoms with Gasteiger partial charge in [-0.3, -0.25) is 14.9 Å². The van der Waals surface area contributed by atoms with Gasteiger partial charge in [0.1, 0.15) is 5.69 Å². The molecule has 1 aromatic carbocycles. The number of hydrogen-bond donors (Lipinski definition) is 1. The molecule has 0 aliphatic heterocycles. The van der Waals surface area contributed by atoms with Gasteiger partial charge in [-0.15, -0.1) is 0 Å². The predicted molar refractivity (Wildman–Crippen MR) is 80.7 cm³/mol. The highest BCUT2D eigenvalue weighted by molar-refractivity contribution is 9.10. The first kappa shape index (κ1) is 15.0. The van der Waals surface area contributed by atoms with E-state index in [9.17, 15) is 14.9 Å². The van der Waals surface area contributed by atoms with Gasteiger partial charge in [0.25, 0.3) is 5.91 Å². The second kappa shape index (κ2) is 5.96. The van der Waals surface area contributed by atoms with Crippen molar-refractivity contribution in [3.8, 4) is 5.75 Å². The van der Waals surface area contributed by atoms with Crippen LogP contribution in [-0.4, -0.2) is 22.5 Å². The number of benzene rings is 1. The fourth-order valence-corrected chi connectivity index (χ4v) is 2.38. The van der Waals surface area contributed by atoms with E-state index < -0.39 is 4.92 Å². The fraction of sp³-hybridized carbons (Fsp3) is 0.154. The van der Waals surface area contributed by atoms with Gasteiger partial charge in [0.15, 0.2) is 5.75 Å². The minimum absolute atomic E-state index is 0.139. The van der Waals surface area contributed by atoms with Crippen molar-refractivity contribution >= 4 is 33.2 Å². The molecule has 0 spiro atoms. The predicted octanol–water partition coefficient (Wildman–Crippen LogP) is 2.96. The number of carbonyl (C=O) groups is 1. The zero-order valence-electron chi connectivity index (χ0n) is 11.3. The van der Waals surface area contributed by atoms with Crippen molar-refractivity contribution in [2.45, 2.75) is 0 Å². The van der Waals surface area contributed by atoms with E-state index in [1.807, 2.05) is 0 Å². The molecular weight excluding hydrogens is 342 g/mol. The molecule has 1 N–H and O–H groups in total. The van der Waals surface area contributed by atoms with Gasteiger partial charge >= 0.3 is 5.69 Å². The van der Waals surface area contributed by atoms with Gasteiger partial charge < -0.3 is 14.6 Å². The first-order valence-electron chi connectivity index (χ1n) is 5.88. The SMILES string of the molecule is COc1ccc(NC(=O)c2cc(Br)cn2C)cc1[N+](=O)[O-]. The maximum atomic E-state index is 12.1. The molecule has 1 aromatic heterocycles. The van der Waals surface area contributed by atoms with Crippen LogP contribution in [0.3, 0.4) is 0 Å². The average Bonchev–Trinajstić information content (AvgIpc) is 2.77. The summed E-state index contributed by atoms with van der Waals surface area (Å²) in [5, 5.41) is 13.6. The molecule has 0 aliphatic carbocycles. The van der Waals surface area contributed by atoms with Crippen molar-refractivity contribution in [1.29, 1.82) is 0 Å². The summed E-state index contributed by atoms with van der Waals surface area (Å²) in [7, 11) is 3.08. The summed E-state index contributed by atoms with van der Waals surface area (Å²) in [5.41, 5.74) is 0.550. The fourth-order valence-electron chi connectivity index (χ4n) is 1.86. The van der Waals surface area contributed by atoms with Gasteiger partial charge in [-0.25, -0.2) is 0 Å². The number of aromatic nitrogens is 1. The smallest absolute Gasteiger partial charge is 0.312 e. The molecule has 0 saturated heterocycles. The van der Waals surface area contributed by atoms with Crippen LogP contribution in [-0.2, 0) is 7.05 Å². The van der Waals surface area contributed by atoms with Crippen molar-refractivity contribution in [3.63, 3.8) is 0 Å². The number of ether oxygens (including phenoxy) is 1. The number of nitro benzene ring substituents is 1. The molecule has 7 nitrogen and oxygen atoms in total. The monoisotopic (exact) mass is 353 g/mol. The third-order valence-corrected chi connectivity index (χ3v) is 3.27. The van der Waals surface area contributed by atoms with Crippen LogP contribution < -0.4 is 10.1 Å². The Morgan fingerprint density at radius 2 is 2.14 bits per heavy atom. The van der Waals surface area contributed by atoms with Crippen LogP contribution in [0, 0.1) is 10.1 Å². The molecular formula is C13H12BrN3O4. The van der Waals surface area contributed by atoms with Gasteiger partial charge in [0.05, 0.1) is 12.0 Å². The summed E-state index contributed by atoms with van der Waals surface area (Å²) >= 11 is 3.28. The standard InChI is InChI=1S/C13H12BrN3O4/c1-16-7-8(14)5-11(16)13(18)15-9-3-4-12(21-2)10(6-9)17(19)20/h3-7H,1-2H3,(H,15,18). The number of hydrogen-bond acceptors (Lipinski definition) is 4. The number of aryl methyl sites for hydroxylation is 1. The molecule has 0 saturated carbocycles. The van der Waals surface area contributed by atoms with Crippen molar-refractivity contribution in [3.05, 3.63) is 50.7 Å². The molecule has 2 aromatic rings. The first-order chi connectivity index (χ1) is 9.92. The largest absolute Gasteiger partial charge is 0.490 e. The molecule has 1 amide bonds. The summed E-state index contributed by atoms with van der Waals surface area (Å²) < 4.78 is 7.33. The van der Waals surface area contributed by atoms with E-state index >= 15 is 0 Å². The van der Waals surface area contributed by atoms with Crippen LogP contribution in [0.4, 0.5) is 11.4 Å². The lowest BCUT2D eigenvalue weighted by molar-refractivity contribution is -0.385. The Morgan fingerprint density at radius 3 is 2.67 bits per heavy atom. The molecule has 1 heterocycles. The number of amides is 1. The van der Waals surface area contributed by atoms with E-state index in [0.29, 0.717) is 11.4 Å². The van der Waals surface area contributed by atoms with Crippen molar-refractivity contribution in [1.82, 2.24) is 4.57 Å². The highest BCUT2D eigenvalue weighted by atomic mass is 79.9. The van der Waals surface area contributed by atoms with Crippen LogP contribution in [0.25, 0.3) is 0 Å². The van der Waals surface area contributed by atoms with E-state index in [4.69, 9.17) is 4.74 Å². The van der Waals surface area contributed by atoms with Crippen LogP contribution in [0.5, 0.6) is 5.75 Å². The Bertz CT molecular complexity index is 711. The highest BCUT2D eigenvalue weighted by Gasteiger charge is 2.17. The number of rotatable bonds is 4. The number of halogens is 1. The molecule has 0 bridgehead atoms. The second-order valence-electron chi connectivity index (χ2n) is 4.25. The zero-order valence-corrected chi connectivity index (χ0v) is 12.9. The average molecular weight is 354 g/mol. The Hall–Kier alpha value is -2.35. The summed E-state index contributed by atoms with van der Waals surface area (Å²) in [6.07, 6.45) is 1.74. The lowest BCUT2D eigenvalue weighted by Crippen LogP contribution is -2.15. The number of methoxy groups -OCH3 is 1. The number of nitrogens with zero attached hydrogens (tertiary/aromatic N) is 2. The second-order valence-corrected chi connectivity index (χ2v) is 5.17. The van der Waals surface area contributed by atoms with Crippen molar-refractivity contribution in [2.75, 3.05) is 12.4 Å². The third kappa shape index (κ3) is 3.22. The van der Waals surface area contributed by atoms with Gasteiger partial charge in [0, 0.05) is 29.5 Å². The zero-order chi connectivity index (χ0) is 15.6. The van der Waals surface area contributed by atoms with Crippen molar-refractivity contribution in [2.24, 2.45) is 7.05 Å². The Labute approximate surface area is 128 Å². The molecule has 0 atom stereocenters. The Morgan fingerprint density at radius 1 is 1.43 bits per heavy atom. The summed E-state index contributed by atoms with van der Waals surface area (Å²) in [4.78, 5) is 22.5. The van der Waals surface area contributed by atoms with Gasteiger partial charge in [0.2, 0.25) is 0 Å². The van der Waals surface area contributed by atoms with Gasteiger partial charge in [-0.05, 0) is 34.1 Å². The quantitative estimate of drug-likeness (QED) is 0.676. The maximum Gasteiger partial charge on any atom is 0.312 e. The first-order valence-corrected chi connectivity index (χ1v) is 6.67. The molecule has 0 fully saturated rings. The van der Waals surface area contributed by atoms with E-state index in [1.165, 1.54) is 19.2 Å². The molecule has 0 radical (unpaired) electrons. The van der Waals surface area contributed by atoms with E-state index in [2.05, 4.69) is 21.2 Å². The van der Waals surface area contributed by atoms with Crippen LogP contribution in [0.1, 0.15) is 10.5 Å². The lowest BCUT2D eigenvalue weighted by Gasteiger charge is -2.07. The molecule has 2 rings (SSSR count). The van der Waals surface area contributed by atoms with Crippen LogP contribution >= 0.6 is 15.9 Å². The highest BCUT2D eigenvalue weighted by Crippen LogP contribution is 2.29. The van der Waals surface area contributed by atoms with E-state index in [-0.39, 0.29) is 17.3 Å². The lowest BCUT2D eigenvalue weighted by atomic mass is 10.2. The molecule has 110 valence electrons. The Kier molecular flexibility index (Phi) is 4.27. The summed E-state index contributed by atoms with van der Waals surface area (Å²) in [6, 6.07) is 5.90. The molecule has 0 unspecified atom stereocenters. The Balaban J connectivity index is 2.27. The van der Waals surface area contributed by atoms with E-state index in [0.717, 1.165) is 4.47 Å². The topological polar surface area (TPSA) is 86.4 Å². The number of carbonyl (C=O) groups excluding carboxylic acids is 1. The minimum Gasteiger partial charge on any atom is -0.490 e. The molecule has 21 heavy (non-hydrogen) atoms. The number of nitro groups is 1. The molecule has 8 heteroatoms. The summed E-state index contributed by atoms with van der Waals surface area (Å²) in [5.74, 6) is -0.220. The number of anilines is 1. The van der Waals surface area contributed by atoms with E-state index in [1.54, 1.807) is 29.9 Å². The minimum atomic E-state index is -0.562.